The molecule has 9 heteroatoms. The number of hydrogen-bond donors (Lipinski definition) is 4. The summed E-state index contributed by atoms with van der Waals surface area (Å²) in [5.74, 6) is -1.10. The number of thiophene rings is 1. The van der Waals surface area contributed by atoms with E-state index in [2.05, 4.69) is 36.5 Å². The van der Waals surface area contributed by atoms with E-state index in [0.717, 1.165) is 9.35 Å². The van der Waals surface area contributed by atoms with Gasteiger partial charge in [-0.2, -0.15) is 0 Å². The van der Waals surface area contributed by atoms with Crippen molar-refractivity contribution in [2.24, 2.45) is 0 Å². The van der Waals surface area contributed by atoms with Crippen molar-refractivity contribution >= 4 is 39.3 Å². The average Bonchev–Trinajstić information content (AvgIpc) is 3.07. The highest BCUT2D eigenvalue weighted by atomic mass is 79.9. The summed E-state index contributed by atoms with van der Waals surface area (Å²) < 4.78 is 0.951. The van der Waals surface area contributed by atoms with Crippen LogP contribution < -0.4 is 10.6 Å². The van der Waals surface area contributed by atoms with Gasteiger partial charge in [-0.05, 0) is 22.0 Å². The summed E-state index contributed by atoms with van der Waals surface area (Å²) in [6, 6.07) is 0.358. The number of carboxylic acids is 1. The number of hydrogen-bond acceptors (Lipinski definition) is 4. The van der Waals surface area contributed by atoms with Crippen molar-refractivity contribution in [3.8, 4) is 0 Å². The lowest BCUT2D eigenvalue weighted by Gasteiger charge is -2.14. The van der Waals surface area contributed by atoms with Crippen LogP contribution in [0.4, 0.5) is 4.79 Å². The second-order valence-electron chi connectivity index (χ2n) is 4.23. The molecule has 7 nitrogen and oxygen atoms in total. The van der Waals surface area contributed by atoms with Gasteiger partial charge in [-0.1, -0.05) is 0 Å². The number of rotatable bonds is 6. The fourth-order valence-corrected chi connectivity index (χ4v) is 3.03. The predicted octanol–water partition coefficient (Wildman–Crippen LogP) is 1.73. The molecule has 2 aromatic rings. The molecule has 0 aromatic carbocycles. The van der Waals surface area contributed by atoms with Crippen molar-refractivity contribution in [1.82, 2.24) is 20.6 Å². The highest BCUT2D eigenvalue weighted by Crippen LogP contribution is 2.19. The number of aromatic amines is 1. The molecule has 0 aliphatic heterocycles. The smallest absolute Gasteiger partial charge is 0.326 e. The van der Waals surface area contributed by atoms with Crippen LogP contribution in [0.3, 0.4) is 0 Å². The molecular weight excluding hydrogens is 360 g/mol. The van der Waals surface area contributed by atoms with Gasteiger partial charge in [-0.3, -0.25) is 0 Å². The van der Waals surface area contributed by atoms with Crippen LogP contribution in [-0.2, 0) is 17.8 Å². The molecule has 0 aliphatic rings. The van der Waals surface area contributed by atoms with E-state index >= 15 is 0 Å². The maximum absolute atomic E-state index is 11.7. The molecule has 1 atom stereocenters. The van der Waals surface area contributed by atoms with Gasteiger partial charge in [0.15, 0.2) is 0 Å². The van der Waals surface area contributed by atoms with Gasteiger partial charge in [0.1, 0.15) is 6.04 Å². The van der Waals surface area contributed by atoms with Gasteiger partial charge in [0.2, 0.25) is 0 Å². The van der Waals surface area contributed by atoms with Crippen molar-refractivity contribution in [2.45, 2.75) is 19.0 Å². The Labute approximate surface area is 132 Å². The maximum Gasteiger partial charge on any atom is 0.326 e. The molecule has 2 rings (SSSR count). The zero-order valence-corrected chi connectivity index (χ0v) is 13.2. The van der Waals surface area contributed by atoms with Crippen LogP contribution in [0.2, 0.25) is 0 Å². The topological polar surface area (TPSA) is 107 Å². The van der Waals surface area contributed by atoms with Crippen LogP contribution in [0.1, 0.15) is 10.6 Å². The van der Waals surface area contributed by atoms with E-state index in [1.807, 2.05) is 11.4 Å². The molecule has 0 saturated carbocycles. The third-order valence-electron chi connectivity index (χ3n) is 2.63. The van der Waals surface area contributed by atoms with E-state index < -0.39 is 18.0 Å². The van der Waals surface area contributed by atoms with Gasteiger partial charge in [0.05, 0.1) is 12.9 Å². The largest absolute Gasteiger partial charge is 0.480 e. The third-order valence-corrected chi connectivity index (χ3v) is 4.32. The number of aromatic nitrogens is 2. The summed E-state index contributed by atoms with van der Waals surface area (Å²) in [5.41, 5.74) is 0.643. The Morgan fingerprint density at radius 2 is 2.33 bits per heavy atom. The number of H-pyrrole nitrogens is 1. The monoisotopic (exact) mass is 372 g/mol. The first-order valence-electron chi connectivity index (χ1n) is 6.02. The van der Waals surface area contributed by atoms with Crippen LogP contribution >= 0.6 is 27.3 Å². The number of nitrogens with zero attached hydrogens (tertiary/aromatic N) is 1. The van der Waals surface area contributed by atoms with Gasteiger partial charge in [-0.15, -0.1) is 11.3 Å². The molecule has 2 amide bonds. The lowest BCUT2D eigenvalue weighted by atomic mass is 10.2. The first-order valence-corrected chi connectivity index (χ1v) is 7.69. The number of nitrogens with one attached hydrogen (secondary N) is 3. The number of amides is 2. The Bertz CT molecular complexity index is 614. The maximum atomic E-state index is 11.7. The number of urea groups is 1. The van der Waals surface area contributed by atoms with Gasteiger partial charge in [0, 0.05) is 33.0 Å². The number of aliphatic carboxylic acids is 1. The standard InChI is InChI=1S/C12H13BrN4O3S/c13-7-1-9(21-5-7)4-15-12(20)17-10(11(18)19)2-8-3-14-6-16-8/h1,3,5-6,10H,2,4H2,(H,14,16)(H,18,19)(H2,15,17,20)/t10-/m0/s1. The molecule has 2 aromatic heterocycles. The molecule has 0 spiro atoms. The quantitative estimate of drug-likeness (QED) is 0.619. The molecule has 0 radical (unpaired) electrons. The Balaban J connectivity index is 1.84. The first kappa shape index (κ1) is 15.5. The zero-order valence-electron chi connectivity index (χ0n) is 10.8. The van der Waals surface area contributed by atoms with Gasteiger partial charge < -0.3 is 20.7 Å². The van der Waals surface area contributed by atoms with Crippen LogP contribution in [0.15, 0.2) is 28.4 Å². The summed E-state index contributed by atoms with van der Waals surface area (Å²) in [6.45, 7) is 0.346. The SMILES string of the molecule is O=C(NCc1cc(Br)cs1)N[C@@H](Cc1cnc[nH]1)C(=O)O. The van der Waals surface area contributed by atoms with Crippen molar-refractivity contribution < 1.29 is 14.7 Å². The predicted molar refractivity (Wildman–Crippen MR) is 81.1 cm³/mol. The Hall–Kier alpha value is -1.87. The number of carboxylic acid groups (broad SMARTS) is 1. The van der Waals surface area contributed by atoms with E-state index in [-0.39, 0.29) is 6.42 Å². The Morgan fingerprint density at radius 1 is 1.52 bits per heavy atom. The minimum atomic E-state index is -1.10. The molecule has 4 N–H and O–H groups in total. The molecule has 0 aliphatic carbocycles. The Kier molecular flexibility index (Phi) is 5.34. The van der Waals surface area contributed by atoms with E-state index in [1.54, 1.807) is 0 Å². The lowest BCUT2D eigenvalue weighted by Crippen LogP contribution is -2.46. The highest BCUT2D eigenvalue weighted by Gasteiger charge is 2.20. The molecule has 0 fully saturated rings. The molecule has 2 heterocycles. The van der Waals surface area contributed by atoms with E-state index in [4.69, 9.17) is 5.11 Å². The van der Waals surface area contributed by atoms with Crippen molar-refractivity contribution in [3.63, 3.8) is 0 Å². The Morgan fingerprint density at radius 3 is 2.90 bits per heavy atom. The van der Waals surface area contributed by atoms with Crippen LogP contribution in [-0.4, -0.2) is 33.1 Å². The average molecular weight is 373 g/mol. The van der Waals surface area contributed by atoms with E-state index in [1.165, 1.54) is 23.9 Å². The van der Waals surface area contributed by atoms with Crippen LogP contribution in [0.25, 0.3) is 0 Å². The molecule has 112 valence electrons. The number of carbonyl (C=O) groups excluding carboxylic acids is 1. The lowest BCUT2D eigenvalue weighted by molar-refractivity contribution is -0.139. The highest BCUT2D eigenvalue weighted by molar-refractivity contribution is 9.10. The normalized spacial score (nSPS) is 11.9. The number of imidazole rings is 1. The minimum Gasteiger partial charge on any atom is -0.480 e. The second-order valence-corrected chi connectivity index (χ2v) is 6.14. The van der Waals surface area contributed by atoms with Gasteiger partial charge in [-0.25, -0.2) is 14.6 Å². The summed E-state index contributed by atoms with van der Waals surface area (Å²) in [7, 11) is 0. The van der Waals surface area contributed by atoms with Gasteiger partial charge in [0.25, 0.3) is 0 Å². The molecule has 0 unspecified atom stereocenters. The summed E-state index contributed by atoms with van der Waals surface area (Å²) >= 11 is 4.83. The summed E-state index contributed by atoms with van der Waals surface area (Å²) in [5, 5.41) is 16.1. The van der Waals surface area contributed by atoms with E-state index in [9.17, 15) is 9.59 Å². The van der Waals surface area contributed by atoms with Gasteiger partial charge >= 0.3 is 12.0 Å². The van der Waals surface area contributed by atoms with Crippen molar-refractivity contribution in [2.75, 3.05) is 0 Å². The van der Waals surface area contributed by atoms with Crippen LogP contribution in [0.5, 0.6) is 0 Å². The molecular formula is C12H13BrN4O3S. The fraction of sp³-hybridized carbons (Fsp3) is 0.250. The fourth-order valence-electron chi connectivity index (χ4n) is 1.64. The third kappa shape index (κ3) is 4.87. The molecule has 0 saturated heterocycles. The van der Waals surface area contributed by atoms with E-state index in [0.29, 0.717) is 12.2 Å². The second kappa shape index (κ2) is 7.23. The zero-order chi connectivity index (χ0) is 15.2. The number of carbonyl (C=O) groups is 2. The van der Waals surface area contributed by atoms with Crippen LogP contribution in [0, 0.1) is 0 Å². The van der Waals surface area contributed by atoms with Crippen molar-refractivity contribution in [3.05, 3.63) is 39.0 Å². The molecule has 21 heavy (non-hydrogen) atoms. The first-order chi connectivity index (χ1) is 10.0. The number of halogens is 1. The summed E-state index contributed by atoms with van der Waals surface area (Å²) in [6.07, 6.45) is 3.13. The summed E-state index contributed by atoms with van der Waals surface area (Å²) in [4.78, 5) is 30.5. The minimum absolute atomic E-state index is 0.146. The van der Waals surface area contributed by atoms with Crippen molar-refractivity contribution in [1.29, 1.82) is 0 Å². The molecule has 0 bridgehead atoms.